The summed E-state index contributed by atoms with van der Waals surface area (Å²) >= 11 is 0. The lowest BCUT2D eigenvalue weighted by Gasteiger charge is -2.11. The van der Waals surface area contributed by atoms with Gasteiger partial charge in [0, 0.05) is 30.8 Å². The van der Waals surface area contributed by atoms with Gasteiger partial charge in [0.15, 0.2) is 5.75 Å². The van der Waals surface area contributed by atoms with Gasteiger partial charge in [-0.3, -0.25) is 9.36 Å². The third-order valence-electron chi connectivity index (χ3n) is 3.05. The van der Waals surface area contributed by atoms with E-state index in [0.717, 1.165) is 11.0 Å². The summed E-state index contributed by atoms with van der Waals surface area (Å²) < 4.78 is 7.05. The zero-order valence-electron chi connectivity index (χ0n) is 11.3. The molecule has 0 N–H and O–H groups in total. The molecule has 2 heterocycles. The van der Waals surface area contributed by atoms with Crippen LogP contribution in [0.15, 0.2) is 48.8 Å². The van der Waals surface area contributed by atoms with E-state index in [1.807, 2.05) is 35.0 Å². The smallest absolute Gasteiger partial charge is 0.308 e. The van der Waals surface area contributed by atoms with Gasteiger partial charge >= 0.3 is 5.97 Å². The largest absolute Gasteiger partial charge is 0.424 e. The molecule has 5 nitrogen and oxygen atoms in total. The number of hydrogen-bond acceptors (Lipinski definition) is 4. The summed E-state index contributed by atoms with van der Waals surface area (Å²) in [7, 11) is 0. The molecule has 0 saturated carbocycles. The molecule has 3 rings (SSSR count). The summed E-state index contributed by atoms with van der Waals surface area (Å²) in [5.41, 5.74) is 1.85. The van der Waals surface area contributed by atoms with E-state index in [4.69, 9.17) is 10.00 Å². The number of esters is 1. The highest BCUT2D eigenvalue weighted by Crippen LogP contribution is 2.28. The minimum absolute atomic E-state index is 0.338. The third-order valence-corrected chi connectivity index (χ3v) is 3.05. The van der Waals surface area contributed by atoms with E-state index in [9.17, 15) is 4.79 Å². The van der Waals surface area contributed by atoms with Gasteiger partial charge in [-0.1, -0.05) is 0 Å². The van der Waals surface area contributed by atoms with Crippen molar-refractivity contribution >= 4 is 17.0 Å². The molecule has 1 aromatic carbocycles. The van der Waals surface area contributed by atoms with Crippen LogP contribution >= 0.6 is 0 Å². The van der Waals surface area contributed by atoms with Crippen LogP contribution in [0.2, 0.25) is 0 Å². The lowest BCUT2D eigenvalue weighted by atomic mass is 10.2. The van der Waals surface area contributed by atoms with Crippen molar-refractivity contribution in [3.05, 3.63) is 54.4 Å². The van der Waals surface area contributed by atoms with Gasteiger partial charge in [0.25, 0.3) is 0 Å². The van der Waals surface area contributed by atoms with Crippen molar-refractivity contribution in [1.29, 1.82) is 5.26 Å². The number of carbonyl (C=O) groups excluding carboxylic acids is 1. The van der Waals surface area contributed by atoms with Crippen LogP contribution in [0, 0.1) is 11.3 Å². The van der Waals surface area contributed by atoms with Crippen LogP contribution in [0.3, 0.4) is 0 Å². The Balaban J connectivity index is 2.22. The van der Waals surface area contributed by atoms with Gasteiger partial charge in [0.05, 0.1) is 17.3 Å². The predicted molar refractivity (Wildman–Crippen MR) is 77.1 cm³/mol. The molecule has 0 saturated heterocycles. The molecule has 0 spiro atoms. The minimum atomic E-state index is -0.434. The first-order valence-electron chi connectivity index (χ1n) is 6.34. The first-order valence-corrected chi connectivity index (χ1v) is 6.34. The SMILES string of the molecule is CC(=O)Oc1cc(C#N)ccc1-n1ccc2cccnc21. The highest BCUT2D eigenvalue weighted by molar-refractivity contribution is 5.79. The number of nitrogens with zero attached hydrogens (tertiary/aromatic N) is 3. The molecule has 0 aliphatic carbocycles. The number of aromatic nitrogens is 2. The van der Waals surface area contributed by atoms with Crippen LogP contribution < -0.4 is 4.74 Å². The molecule has 0 atom stereocenters. The third kappa shape index (κ3) is 2.35. The van der Waals surface area contributed by atoms with Crippen LogP contribution in [0.4, 0.5) is 0 Å². The molecule has 3 aromatic rings. The quantitative estimate of drug-likeness (QED) is 0.533. The van der Waals surface area contributed by atoms with Gasteiger partial charge in [-0.05, 0) is 30.3 Å². The maximum absolute atomic E-state index is 11.3. The van der Waals surface area contributed by atoms with E-state index < -0.39 is 5.97 Å². The number of pyridine rings is 1. The molecule has 21 heavy (non-hydrogen) atoms. The fraction of sp³-hybridized carbons (Fsp3) is 0.0625. The fourth-order valence-corrected chi connectivity index (χ4v) is 2.18. The van der Waals surface area contributed by atoms with E-state index in [1.54, 1.807) is 24.4 Å². The van der Waals surface area contributed by atoms with E-state index in [1.165, 1.54) is 6.92 Å². The Bertz CT molecular complexity index is 875. The maximum Gasteiger partial charge on any atom is 0.308 e. The molecule has 0 aliphatic heterocycles. The van der Waals surface area contributed by atoms with E-state index in [0.29, 0.717) is 17.0 Å². The molecule has 0 unspecified atom stereocenters. The molecular weight excluding hydrogens is 266 g/mol. The summed E-state index contributed by atoms with van der Waals surface area (Å²) in [6.45, 7) is 1.33. The summed E-state index contributed by atoms with van der Waals surface area (Å²) in [6.07, 6.45) is 3.56. The number of rotatable bonds is 2. The van der Waals surface area contributed by atoms with Crippen molar-refractivity contribution in [3.63, 3.8) is 0 Å². The van der Waals surface area contributed by atoms with Crippen LogP contribution in [-0.4, -0.2) is 15.5 Å². The second-order valence-electron chi connectivity index (χ2n) is 4.49. The van der Waals surface area contributed by atoms with E-state index in [2.05, 4.69) is 4.98 Å². The molecule has 0 fully saturated rings. The zero-order valence-corrected chi connectivity index (χ0v) is 11.3. The predicted octanol–water partition coefficient (Wildman–Crippen LogP) is 2.82. The minimum Gasteiger partial charge on any atom is -0.424 e. The van der Waals surface area contributed by atoms with Gasteiger partial charge in [0.1, 0.15) is 5.65 Å². The fourth-order valence-electron chi connectivity index (χ4n) is 2.18. The Labute approximate surface area is 121 Å². The topological polar surface area (TPSA) is 67.9 Å². The molecule has 0 aliphatic rings. The molecule has 0 amide bonds. The number of nitriles is 1. The van der Waals surface area contributed by atoms with Gasteiger partial charge < -0.3 is 4.74 Å². The van der Waals surface area contributed by atoms with Gasteiger partial charge in [-0.2, -0.15) is 5.26 Å². The van der Waals surface area contributed by atoms with Gasteiger partial charge in [-0.25, -0.2) is 4.98 Å². The Hall–Kier alpha value is -3.13. The Morgan fingerprint density at radius 1 is 1.33 bits per heavy atom. The summed E-state index contributed by atoms with van der Waals surface area (Å²) in [5, 5.41) is 9.96. The number of hydrogen-bond donors (Lipinski definition) is 0. The van der Waals surface area contributed by atoms with Crippen molar-refractivity contribution in [2.24, 2.45) is 0 Å². The average molecular weight is 277 g/mol. The van der Waals surface area contributed by atoms with Crippen LogP contribution in [0.1, 0.15) is 12.5 Å². The van der Waals surface area contributed by atoms with E-state index in [-0.39, 0.29) is 0 Å². The average Bonchev–Trinajstić information content (AvgIpc) is 2.90. The Kier molecular flexibility index (Phi) is 3.13. The molecule has 2 aromatic heterocycles. The first-order chi connectivity index (χ1) is 10.2. The molecule has 0 radical (unpaired) electrons. The van der Waals surface area contributed by atoms with Crippen molar-refractivity contribution in [2.75, 3.05) is 0 Å². The highest BCUT2D eigenvalue weighted by Gasteiger charge is 2.12. The van der Waals surface area contributed by atoms with Crippen molar-refractivity contribution in [2.45, 2.75) is 6.92 Å². The number of fused-ring (bicyclic) bond motifs is 1. The first kappa shape index (κ1) is 12.9. The van der Waals surface area contributed by atoms with Crippen LogP contribution in [-0.2, 0) is 4.79 Å². The molecule has 5 heteroatoms. The van der Waals surface area contributed by atoms with E-state index >= 15 is 0 Å². The van der Waals surface area contributed by atoms with Crippen LogP contribution in [0.25, 0.3) is 16.7 Å². The maximum atomic E-state index is 11.3. The van der Waals surface area contributed by atoms with Crippen molar-refractivity contribution < 1.29 is 9.53 Å². The lowest BCUT2D eigenvalue weighted by molar-refractivity contribution is -0.131. The summed E-state index contributed by atoms with van der Waals surface area (Å²) in [5.74, 6) is -0.0968. The number of ether oxygens (including phenoxy) is 1. The molecule has 0 bridgehead atoms. The summed E-state index contributed by atoms with van der Waals surface area (Å²) in [6, 6.07) is 12.7. The number of carbonyl (C=O) groups is 1. The van der Waals surface area contributed by atoms with Crippen molar-refractivity contribution in [1.82, 2.24) is 9.55 Å². The highest BCUT2D eigenvalue weighted by atomic mass is 16.5. The molecule has 102 valence electrons. The number of benzene rings is 1. The summed E-state index contributed by atoms with van der Waals surface area (Å²) in [4.78, 5) is 15.6. The second-order valence-corrected chi connectivity index (χ2v) is 4.49. The Morgan fingerprint density at radius 3 is 2.95 bits per heavy atom. The lowest BCUT2D eigenvalue weighted by Crippen LogP contribution is -2.06. The molecular formula is C16H11N3O2. The van der Waals surface area contributed by atoms with Crippen LogP contribution in [0.5, 0.6) is 5.75 Å². The normalized spacial score (nSPS) is 10.3. The van der Waals surface area contributed by atoms with Crippen molar-refractivity contribution in [3.8, 4) is 17.5 Å². The standard InChI is InChI=1S/C16H11N3O2/c1-11(20)21-15-9-12(10-17)4-5-14(15)19-8-6-13-3-2-7-18-16(13)19/h2-9H,1H3. The van der Waals surface area contributed by atoms with Gasteiger partial charge in [-0.15, -0.1) is 0 Å². The monoisotopic (exact) mass is 277 g/mol. The second kappa shape index (κ2) is 5.10. The van der Waals surface area contributed by atoms with Gasteiger partial charge in [0.2, 0.25) is 0 Å². The Morgan fingerprint density at radius 2 is 2.19 bits per heavy atom. The zero-order chi connectivity index (χ0) is 14.8.